The largest absolute Gasteiger partial charge is 0.496 e. The highest BCUT2D eigenvalue weighted by atomic mass is 16.5. The van der Waals surface area contributed by atoms with Gasteiger partial charge in [0.25, 0.3) is 0 Å². The van der Waals surface area contributed by atoms with Crippen molar-refractivity contribution in [1.29, 1.82) is 0 Å². The summed E-state index contributed by atoms with van der Waals surface area (Å²) >= 11 is 0. The molecule has 2 rings (SSSR count). The molecule has 0 aliphatic rings. The molecule has 0 atom stereocenters. The quantitative estimate of drug-likeness (QED) is 0.823. The Balaban J connectivity index is 2.27. The predicted octanol–water partition coefficient (Wildman–Crippen LogP) is 2.47. The molecule has 1 aromatic carbocycles. The minimum absolute atomic E-state index is 0.740. The van der Waals surface area contributed by atoms with Crippen LogP contribution in [0.1, 0.15) is 24.7 Å². The number of nitrogens with zero attached hydrogens (tertiary/aromatic N) is 2. The smallest absolute Gasteiger partial charge is 0.124 e. The molecular weight excluding hydrogens is 226 g/mol. The first kappa shape index (κ1) is 12.5. The molecule has 0 spiro atoms. The molecule has 0 amide bonds. The molecule has 1 heterocycles. The van der Waals surface area contributed by atoms with Gasteiger partial charge >= 0.3 is 0 Å². The molecule has 18 heavy (non-hydrogen) atoms. The maximum Gasteiger partial charge on any atom is 0.124 e. The Morgan fingerprint density at radius 2 is 2.22 bits per heavy atom. The predicted molar refractivity (Wildman–Crippen MR) is 72.7 cm³/mol. The zero-order chi connectivity index (χ0) is 13.0. The van der Waals surface area contributed by atoms with Gasteiger partial charge in [-0.2, -0.15) is 0 Å². The van der Waals surface area contributed by atoms with Crippen LogP contribution in [0.15, 0.2) is 30.6 Å². The van der Waals surface area contributed by atoms with Crippen molar-refractivity contribution in [3.63, 3.8) is 0 Å². The maximum absolute atomic E-state index is 5.83. The fourth-order valence-corrected chi connectivity index (χ4v) is 2.04. The van der Waals surface area contributed by atoms with E-state index in [1.807, 2.05) is 30.6 Å². The lowest BCUT2D eigenvalue weighted by Crippen LogP contribution is -2.06. The minimum Gasteiger partial charge on any atom is -0.496 e. The Morgan fingerprint density at radius 1 is 1.39 bits per heavy atom. The number of anilines is 1. The highest BCUT2D eigenvalue weighted by Crippen LogP contribution is 2.22. The Labute approximate surface area is 107 Å². The summed E-state index contributed by atoms with van der Waals surface area (Å²) in [5.41, 5.74) is 7.66. The van der Waals surface area contributed by atoms with Gasteiger partial charge in [-0.15, -0.1) is 0 Å². The number of nitrogens with two attached hydrogens (primary N) is 1. The molecule has 0 fully saturated rings. The van der Waals surface area contributed by atoms with Crippen molar-refractivity contribution < 1.29 is 4.74 Å². The van der Waals surface area contributed by atoms with Gasteiger partial charge in [0.2, 0.25) is 0 Å². The third kappa shape index (κ3) is 2.64. The van der Waals surface area contributed by atoms with Gasteiger partial charge in [-0.3, -0.25) is 0 Å². The van der Waals surface area contributed by atoms with Gasteiger partial charge in [-0.25, -0.2) is 4.98 Å². The summed E-state index contributed by atoms with van der Waals surface area (Å²) in [7, 11) is 1.68. The zero-order valence-electron chi connectivity index (χ0n) is 10.9. The molecule has 96 valence electrons. The summed E-state index contributed by atoms with van der Waals surface area (Å²) in [6.07, 6.45) is 5.90. The summed E-state index contributed by atoms with van der Waals surface area (Å²) in [5, 5.41) is 0. The van der Waals surface area contributed by atoms with Crippen molar-refractivity contribution in [2.45, 2.75) is 26.3 Å². The van der Waals surface area contributed by atoms with E-state index in [0.29, 0.717) is 0 Å². The van der Waals surface area contributed by atoms with Gasteiger partial charge in [0.05, 0.1) is 13.7 Å². The number of imidazole rings is 1. The number of aromatic nitrogens is 2. The summed E-state index contributed by atoms with van der Waals surface area (Å²) in [4.78, 5) is 4.37. The van der Waals surface area contributed by atoms with E-state index in [-0.39, 0.29) is 0 Å². The van der Waals surface area contributed by atoms with Crippen molar-refractivity contribution in [3.8, 4) is 5.75 Å². The SMILES string of the molecule is CCCc1nccn1Cc1cc(N)ccc1OC. The lowest BCUT2D eigenvalue weighted by atomic mass is 10.1. The molecule has 0 saturated carbocycles. The van der Waals surface area contributed by atoms with E-state index in [1.165, 1.54) is 0 Å². The van der Waals surface area contributed by atoms with Gasteiger partial charge in [0, 0.05) is 30.1 Å². The summed E-state index contributed by atoms with van der Waals surface area (Å²) in [6.45, 7) is 2.89. The number of hydrogen-bond donors (Lipinski definition) is 1. The van der Waals surface area contributed by atoms with E-state index < -0.39 is 0 Å². The fraction of sp³-hybridized carbons (Fsp3) is 0.357. The first-order chi connectivity index (χ1) is 8.74. The molecule has 0 saturated heterocycles. The normalized spacial score (nSPS) is 10.6. The number of aryl methyl sites for hydroxylation is 1. The van der Waals surface area contributed by atoms with E-state index in [4.69, 9.17) is 10.5 Å². The van der Waals surface area contributed by atoms with E-state index in [9.17, 15) is 0 Å². The van der Waals surface area contributed by atoms with Crippen molar-refractivity contribution in [1.82, 2.24) is 9.55 Å². The van der Waals surface area contributed by atoms with Crippen molar-refractivity contribution >= 4 is 5.69 Å². The molecule has 0 unspecified atom stereocenters. The van der Waals surface area contributed by atoms with Gasteiger partial charge in [-0.05, 0) is 24.6 Å². The molecular formula is C14H19N3O. The second-order valence-electron chi connectivity index (χ2n) is 4.29. The van der Waals surface area contributed by atoms with E-state index in [1.54, 1.807) is 7.11 Å². The van der Waals surface area contributed by atoms with Crippen LogP contribution in [-0.2, 0) is 13.0 Å². The van der Waals surface area contributed by atoms with Crippen LogP contribution in [0, 0.1) is 0 Å². The van der Waals surface area contributed by atoms with Crippen LogP contribution in [-0.4, -0.2) is 16.7 Å². The Kier molecular flexibility index (Phi) is 3.87. The zero-order valence-corrected chi connectivity index (χ0v) is 10.9. The second-order valence-corrected chi connectivity index (χ2v) is 4.29. The van der Waals surface area contributed by atoms with Crippen LogP contribution in [0.5, 0.6) is 5.75 Å². The molecule has 4 heteroatoms. The van der Waals surface area contributed by atoms with Gasteiger partial charge < -0.3 is 15.0 Å². The number of hydrogen-bond acceptors (Lipinski definition) is 3. The van der Waals surface area contributed by atoms with Crippen LogP contribution in [0.25, 0.3) is 0 Å². The number of nitrogen functional groups attached to an aromatic ring is 1. The minimum atomic E-state index is 0.740. The van der Waals surface area contributed by atoms with Gasteiger partial charge in [0.15, 0.2) is 0 Å². The van der Waals surface area contributed by atoms with Gasteiger partial charge in [0.1, 0.15) is 11.6 Å². The molecule has 0 radical (unpaired) electrons. The van der Waals surface area contributed by atoms with E-state index in [0.717, 1.165) is 42.2 Å². The van der Waals surface area contributed by atoms with Crippen molar-refractivity contribution in [2.24, 2.45) is 0 Å². The average molecular weight is 245 g/mol. The Bertz CT molecular complexity index is 520. The molecule has 1 aromatic heterocycles. The first-order valence-electron chi connectivity index (χ1n) is 6.17. The van der Waals surface area contributed by atoms with Crippen LogP contribution in [0.2, 0.25) is 0 Å². The highest BCUT2D eigenvalue weighted by molar-refractivity contribution is 5.48. The second kappa shape index (κ2) is 5.58. The van der Waals surface area contributed by atoms with Crippen LogP contribution in [0.3, 0.4) is 0 Å². The molecule has 4 nitrogen and oxygen atoms in total. The number of methoxy groups -OCH3 is 1. The molecule has 0 aliphatic heterocycles. The van der Waals surface area contributed by atoms with E-state index >= 15 is 0 Å². The topological polar surface area (TPSA) is 53.1 Å². The molecule has 2 N–H and O–H groups in total. The molecule has 2 aromatic rings. The summed E-state index contributed by atoms with van der Waals surface area (Å²) < 4.78 is 7.50. The number of rotatable bonds is 5. The van der Waals surface area contributed by atoms with E-state index in [2.05, 4.69) is 16.5 Å². The average Bonchev–Trinajstić information content (AvgIpc) is 2.78. The van der Waals surface area contributed by atoms with Crippen molar-refractivity contribution in [3.05, 3.63) is 42.0 Å². The fourth-order valence-electron chi connectivity index (χ4n) is 2.04. The third-order valence-electron chi connectivity index (χ3n) is 2.92. The molecule has 0 bridgehead atoms. The van der Waals surface area contributed by atoms with Crippen LogP contribution in [0.4, 0.5) is 5.69 Å². The Morgan fingerprint density at radius 3 is 2.94 bits per heavy atom. The van der Waals surface area contributed by atoms with Gasteiger partial charge in [-0.1, -0.05) is 6.92 Å². The standard InChI is InChI=1S/C14H19N3O/c1-3-4-14-16-7-8-17(14)10-11-9-12(15)5-6-13(11)18-2/h5-9H,3-4,10,15H2,1-2H3. The third-order valence-corrected chi connectivity index (χ3v) is 2.92. The summed E-state index contributed by atoms with van der Waals surface area (Å²) in [5.74, 6) is 1.96. The van der Waals surface area contributed by atoms with Crippen LogP contribution < -0.4 is 10.5 Å². The lowest BCUT2D eigenvalue weighted by Gasteiger charge is -2.12. The van der Waals surface area contributed by atoms with Crippen molar-refractivity contribution in [2.75, 3.05) is 12.8 Å². The number of ether oxygens (including phenoxy) is 1. The molecule has 0 aliphatic carbocycles. The monoisotopic (exact) mass is 245 g/mol. The van der Waals surface area contributed by atoms with Crippen LogP contribution >= 0.6 is 0 Å². The summed E-state index contributed by atoms with van der Waals surface area (Å²) in [6, 6.07) is 5.71. The first-order valence-corrected chi connectivity index (χ1v) is 6.17. The maximum atomic E-state index is 5.83. The lowest BCUT2D eigenvalue weighted by molar-refractivity contribution is 0.408. The highest BCUT2D eigenvalue weighted by Gasteiger charge is 2.07. The number of benzene rings is 1. The Hall–Kier alpha value is -1.97.